The quantitative estimate of drug-likeness (QED) is 0.633. The molecule has 0 unspecified atom stereocenters. The van der Waals surface area contributed by atoms with Crippen molar-refractivity contribution in [3.8, 4) is 12.3 Å². The van der Waals surface area contributed by atoms with Crippen molar-refractivity contribution in [1.82, 2.24) is 14.5 Å². The summed E-state index contributed by atoms with van der Waals surface area (Å²) in [7, 11) is 0. The van der Waals surface area contributed by atoms with Crippen LogP contribution in [0.15, 0.2) is 12.1 Å². The molecule has 0 aliphatic rings. The van der Waals surface area contributed by atoms with Crippen molar-refractivity contribution in [2.75, 3.05) is 0 Å². The van der Waals surface area contributed by atoms with Crippen LogP contribution in [-0.4, -0.2) is 14.5 Å². The van der Waals surface area contributed by atoms with Crippen molar-refractivity contribution in [2.24, 2.45) is 0 Å². The highest BCUT2D eigenvalue weighted by Crippen LogP contribution is 2.13. The molecule has 0 bridgehead atoms. The lowest BCUT2D eigenvalue weighted by molar-refractivity contribution is 0.753. The van der Waals surface area contributed by atoms with Gasteiger partial charge >= 0.3 is 0 Å². The Kier molecular flexibility index (Phi) is 1.97. The van der Waals surface area contributed by atoms with E-state index in [-0.39, 0.29) is 0 Å². The standard InChI is InChI=1S/C11H11N3/c1-4-9-6-7-10-11(13-9)12-8(3)14(10)5-2/h1,6-7H,5H2,2-3H3. The number of fused-ring (bicyclic) bond motifs is 1. The summed E-state index contributed by atoms with van der Waals surface area (Å²) in [6, 6.07) is 3.82. The summed E-state index contributed by atoms with van der Waals surface area (Å²) in [5, 5.41) is 0. The van der Waals surface area contributed by atoms with Crippen LogP contribution in [0.3, 0.4) is 0 Å². The second-order valence-corrected chi connectivity index (χ2v) is 3.09. The predicted octanol–water partition coefficient (Wildman–Crippen LogP) is 1.74. The molecule has 0 amide bonds. The summed E-state index contributed by atoms with van der Waals surface area (Å²) < 4.78 is 2.11. The fourth-order valence-electron chi connectivity index (χ4n) is 1.60. The molecular formula is C11H11N3. The molecule has 0 saturated heterocycles. The molecule has 0 radical (unpaired) electrons. The number of pyridine rings is 1. The van der Waals surface area contributed by atoms with E-state index >= 15 is 0 Å². The third kappa shape index (κ3) is 1.16. The van der Waals surface area contributed by atoms with Gasteiger partial charge in [-0.05, 0) is 26.0 Å². The van der Waals surface area contributed by atoms with E-state index in [0.29, 0.717) is 5.69 Å². The smallest absolute Gasteiger partial charge is 0.179 e. The molecule has 0 N–H and O–H groups in total. The molecule has 0 fully saturated rings. The van der Waals surface area contributed by atoms with Crippen LogP contribution < -0.4 is 0 Å². The number of rotatable bonds is 1. The summed E-state index contributed by atoms with van der Waals surface area (Å²) in [5.74, 6) is 3.48. The highest BCUT2D eigenvalue weighted by Gasteiger charge is 2.06. The van der Waals surface area contributed by atoms with E-state index in [9.17, 15) is 0 Å². The molecule has 70 valence electrons. The van der Waals surface area contributed by atoms with E-state index in [1.807, 2.05) is 19.1 Å². The zero-order valence-corrected chi connectivity index (χ0v) is 8.28. The van der Waals surface area contributed by atoms with Crippen LogP contribution in [0.4, 0.5) is 0 Å². The zero-order chi connectivity index (χ0) is 10.1. The number of hydrogen-bond donors (Lipinski definition) is 0. The number of aryl methyl sites for hydroxylation is 2. The number of imidazole rings is 1. The monoisotopic (exact) mass is 185 g/mol. The lowest BCUT2D eigenvalue weighted by Crippen LogP contribution is -1.96. The molecule has 0 aromatic carbocycles. The van der Waals surface area contributed by atoms with Crippen LogP contribution in [0.25, 0.3) is 11.2 Å². The van der Waals surface area contributed by atoms with Gasteiger partial charge in [-0.25, -0.2) is 9.97 Å². The molecule has 3 nitrogen and oxygen atoms in total. The first-order valence-electron chi connectivity index (χ1n) is 4.56. The fourth-order valence-corrected chi connectivity index (χ4v) is 1.60. The molecule has 2 aromatic rings. The topological polar surface area (TPSA) is 30.7 Å². The number of nitrogens with zero attached hydrogens (tertiary/aromatic N) is 3. The second kappa shape index (κ2) is 3.15. The van der Waals surface area contributed by atoms with Crippen LogP contribution in [0.1, 0.15) is 18.4 Å². The Hall–Kier alpha value is -1.82. The van der Waals surface area contributed by atoms with Crippen molar-refractivity contribution in [3.63, 3.8) is 0 Å². The average molecular weight is 185 g/mol. The third-order valence-electron chi connectivity index (χ3n) is 2.27. The largest absolute Gasteiger partial charge is 0.327 e. The summed E-state index contributed by atoms with van der Waals surface area (Å²) in [6.45, 7) is 4.96. The Morgan fingerprint density at radius 1 is 1.43 bits per heavy atom. The predicted molar refractivity (Wildman–Crippen MR) is 55.9 cm³/mol. The fraction of sp³-hybridized carbons (Fsp3) is 0.273. The number of hydrogen-bond acceptors (Lipinski definition) is 2. The van der Waals surface area contributed by atoms with Crippen LogP contribution in [0.2, 0.25) is 0 Å². The van der Waals surface area contributed by atoms with Crippen molar-refractivity contribution >= 4 is 11.2 Å². The van der Waals surface area contributed by atoms with E-state index in [0.717, 1.165) is 23.5 Å². The van der Waals surface area contributed by atoms with E-state index in [1.165, 1.54) is 0 Å². The van der Waals surface area contributed by atoms with Crippen LogP contribution >= 0.6 is 0 Å². The summed E-state index contributed by atoms with van der Waals surface area (Å²) in [6.07, 6.45) is 5.27. The Morgan fingerprint density at radius 2 is 2.21 bits per heavy atom. The van der Waals surface area contributed by atoms with Gasteiger partial charge in [-0.15, -0.1) is 6.42 Å². The van der Waals surface area contributed by atoms with Gasteiger partial charge in [-0.1, -0.05) is 5.92 Å². The van der Waals surface area contributed by atoms with E-state index in [4.69, 9.17) is 6.42 Å². The van der Waals surface area contributed by atoms with Crippen molar-refractivity contribution in [2.45, 2.75) is 20.4 Å². The summed E-state index contributed by atoms with van der Waals surface area (Å²) in [4.78, 5) is 8.60. The molecule has 2 rings (SSSR count). The minimum absolute atomic E-state index is 0.637. The lowest BCUT2D eigenvalue weighted by atomic mass is 10.3. The maximum absolute atomic E-state index is 5.27. The minimum Gasteiger partial charge on any atom is -0.327 e. The highest BCUT2D eigenvalue weighted by atomic mass is 15.1. The Labute approximate surface area is 82.8 Å². The zero-order valence-electron chi connectivity index (χ0n) is 8.28. The highest BCUT2D eigenvalue weighted by molar-refractivity contribution is 5.72. The molecule has 0 saturated carbocycles. The van der Waals surface area contributed by atoms with Crippen molar-refractivity contribution in [3.05, 3.63) is 23.7 Å². The molecule has 2 heterocycles. The first-order chi connectivity index (χ1) is 6.76. The van der Waals surface area contributed by atoms with E-state index in [1.54, 1.807) is 0 Å². The molecule has 3 heteroatoms. The van der Waals surface area contributed by atoms with Gasteiger partial charge in [0.25, 0.3) is 0 Å². The number of terminal acetylenes is 1. The molecular weight excluding hydrogens is 174 g/mol. The Morgan fingerprint density at radius 3 is 2.86 bits per heavy atom. The van der Waals surface area contributed by atoms with Gasteiger partial charge in [0.2, 0.25) is 0 Å². The maximum atomic E-state index is 5.27. The number of aromatic nitrogens is 3. The molecule has 0 aliphatic carbocycles. The van der Waals surface area contributed by atoms with Crippen LogP contribution in [0, 0.1) is 19.3 Å². The van der Waals surface area contributed by atoms with E-state index < -0.39 is 0 Å². The van der Waals surface area contributed by atoms with Gasteiger partial charge in [0, 0.05) is 6.54 Å². The SMILES string of the molecule is C#Cc1ccc2c(n1)nc(C)n2CC. The van der Waals surface area contributed by atoms with E-state index in [2.05, 4.69) is 27.4 Å². The second-order valence-electron chi connectivity index (χ2n) is 3.09. The molecule has 0 spiro atoms. The van der Waals surface area contributed by atoms with Gasteiger partial charge in [-0.3, -0.25) is 0 Å². The minimum atomic E-state index is 0.637. The third-order valence-corrected chi connectivity index (χ3v) is 2.27. The Bertz CT molecular complexity index is 517. The molecule has 0 aliphatic heterocycles. The lowest BCUT2D eigenvalue weighted by Gasteiger charge is -2.00. The van der Waals surface area contributed by atoms with Crippen molar-refractivity contribution in [1.29, 1.82) is 0 Å². The first kappa shape index (κ1) is 8.76. The summed E-state index contributed by atoms with van der Waals surface area (Å²) in [5.41, 5.74) is 2.42. The van der Waals surface area contributed by atoms with Gasteiger partial charge < -0.3 is 4.57 Å². The van der Waals surface area contributed by atoms with Gasteiger partial charge in [0.1, 0.15) is 11.5 Å². The van der Waals surface area contributed by atoms with Crippen LogP contribution in [0.5, 0.6) is 0 Å². The molecule has 2 aromatic heterocycles. The average Bonchev–Trinajstić information content (AvgIpc) is 2.51. The van der Waals surface area contributed by atoms with Gasteiger partial charge in [0.05, 0.1) is 5.52 Å². The first-order valence-corrected chi connectivity index (χ1v) is 4.56. The summed E-state index contributed by atoms with van der Waals surface area (Å²) >= 11 is 0. The maximum Gasteiger partial charge on any atom is 0.179 e. The molecule has 14 heavy (non-hydrogen) atoms. The van der Waals surface area contributed by atoms with Crippen LogP contribution in [-0.2, 0) is 6.54 Å². The molecule has 0 atom stereocenters. The normalized spacial score (nSPS) is 10.4. The Balaban J connectivity index is 2.76. The van der Waals surface area contributed by atoms with Gasteiger partial charge in [0.15, 0.2) is 5.65 Å². The van der Waals surface area contributed by atoms with Gasteiger partial charge in [-0.2, -0.15) is 0 Å². The van der Waals surface area contributed by atoms with Crippen molar-refractivity contribution < 1.29 is 0 Å².